The van der Waals surface area contributed by atoms with Crippen LogP contribution in [-0.2, 0) is 11.3 Å². The van der Waals surface area contributed by atoms with Crippen LogP contribution in [0.2, 0.25) is 5.02 Å². The van der Waals surface area contributed by atoms with E-state index in [1.807, 2.05) is 29.6 Å². The highest BCUT2D eigenvalue weighted by Gasteiger charge is 2.03. The molecular formula is C12H12ClN3OS. The van der Waals surface area contributed by atoms with Crippen LogP contribution in [0.15, 0.2) is 35.8 Å². The summed E-state index contributed by atoms with van der Waals surface area (Å²) in [5.41, 5.74) is 1.08. The van der Waals surface area contributed by atoms with Gasteiger partial charge in [-0.25, -0.2) is 4.98 Å². The van der Waals surface area contributed by atoms with Gasteiger partial charge >= 0.3 is 0 Å². The lowest BCUT2D eigenvalue weighted by molar-refractivity contribution is -0.115. The van der Waals surface area contributed by atoms with Gasteiger partial charge in [0, 0.05) is 23.1 Å². The van der Waals surface area contributed by atoms with E-state index in [4.69, 9.17) is 11.6 Å². The third kappa shape index (κ3) is 4.10. The number of benzene rings is 1. The van der Waals surface area contributed by atoms with E-state index in [0.717, 1.165) is 5.56 Å². The normalized spacial score (nSPS) is 10.3. The molecule has 1 amide bonds. The summed E-state index contributed by atoms with van der Waals surface area (Å²) in [4.78, 5) is 15.5. The summed E-state index contributed by atoms with van der Waals surface area (Å²) >= 11 is 7.18. The van der Waals surface area contributed by atoms with E-state index < -0.39 is 0 Å². The highest BCUT2D eigenvalue weighted by Crippen LogP contribution is 2.10. The summed E-state index contributed by atoms with van der Waals surface area (Å²) in [7, 11) is 0. The zero-order chi connectivity index (χ0) is 12.8. The van der Waals surface area contributed by atoms with Gasteiger partial charge in [-0.05, 0) is 17.7 Å². The van der Waals surface area contributed by atoms with Gasteiger partial charge in [0.05, 0.1) is 6.54 Å². The Morgan fingerprint density at radius 2 is 2.11 bits per heavy atom. The Morgan fingerprint density at radius 3 is 2.78 bits per heavy atom. The van der Waals surface area contributed by atoms with Gasteiger partial charge in [0.2, 0.25) is 5.91 Å². The molecule has 1 aromatic carbocycles. The Kier molecular flexibility index (Phi) is 4.69. The summed E-state index contributed by atoms with van der Waals surface area (Å²) in [5, 5.41) is 8.90. The second-order valence-corrected chi connectivity index (χ2v) is 4.95. The Balaban J connectivity index is 1.72. The molecule has 0 spiro atoms. The number of aromatic nitrogens is 1. The average Bonchev–Trinajstić information content (AvgIpc) is 2.84. The van der Waals surface area contributed by atoms with Gasteiger partial charge in [-0.2, -0.15) is 0 Å². The molecule has 1 heterocycles. The van der Waals surface area contributed by atoms with Crippen molar-refractivity contribution < 1.29 is 4.79 Å². The van der Waals surface area contributed by atoms with Crippen LogP contribution in [0.5, 0.6) is 0 Å². The minimum absolute atomic E-state index is 0.0982. The Hall–Kier alpha value is -1.43. The van der Waals surface area contributed by atoms with Crippen LogP contribution in [-0.4, -0.2) is 17.4 Å². The van der Waals surface area contributed by atoms with Gasteiger partial charge in [0.25, 0.3) is 0 Å². The van der Waals surface area contributed by atoms with Crippen LogP contribution in [0.3, 0.4) is 0 Å². The van der Waals surface area contributed by atoms with Crippen molar-refractivity contribution in [3.05, 3.63) is 46.4 Å². The SMILES string of the molecule is O=C(CNCc1ccc(Cl)cc1)Nc1nccs1. The van der Waals surface area contributed by atoms with E-state index in [9.17, 15) is 4.79 Å². The first kappa shape index (κ1) is 13.0. The minimum Gasteiger partial charge on any atom is -0.304 e. The quantitative estimate of drug-likeness (QED) is 0.885. The molecule has 1 aromatic heterocycles. The number of rotatable bonds is 5. The highest BCUT2D eigenvalue weighted by atomic mass is 35.5. The predicted octanol–water partition coefficient (Wildman–Crippen LogP) is 2.52. The van der Waals surface area contributed by atoms with Crippen LogP contribution < -0.4 is 10.6 Å². The van der Waals surface area contributed by atoms with Crippen molar-refractivity contribution in [3.63, 3.8) is 0 Å². The van der Waals surface area contributed by atoms with Crippen molar-refractivity contribution in [1.82, 2.24) is 10.3 Å². The van der Waals surface area contributed by atoms with Gasteiger partial charge in [-0.3, -0.25) is 4.79 Å². The number of amides is 1. The monoisotopic (exact) mass is 281 g/mol. The first-order chi connectivity index (χ1) is 8.74. The largest absolute Gasteiger partial charge is 0.304 e. The summed E-state index contributed by atoms with van der Waals surface area (Å²) in [6.07, 6.45) is 1.65. The number of thiazole rings is 1. The molecule has 0 aliphatic rings. The fourth-order valence-electron chi connectivity index (χ4n) is 1.37. The van der Waals surface area contributed by atoms with E-state index in [1.54, 1.807) is 6.20 Å². The smallest absolute Gasteiger partial charge is 0.240 e. The fraction of sp³-hybridized carbons (Fsp3) is 0.167. The first-order valence-electron chi connectivity index (χ1n) is 5.38. The van der Waals surface area contributed by atoms with E-state index in [0.29, 0.717) is 16.7 Å². The first-order valence-corrected chi connectivity index (χ1v) is 6.64. The minimum atomic E-state index is -0.0982. The number of halogens is 1. The lowest BCUT2D eigenvalue weighted by Gasteiger charge is -2.04. The average molecular weight is 282 g/mol. The third-order valence-corrected chi connectivity index (χ3v) is 3.15. The number of nitrogens with zero attached hydrogens (tertiary/aromatic N) is 1. The van der Waals surface area contributed by atoms with E-state index in [2.05, 4.69) is 15.6 Å². The number of hydrogen-bond donors (Lipinski definition) is 2. The molecule has 0 saturated carbocycles. The van der Waals surface area contributed by atoms with Crippen LogP contribution in [0.1, 0.15) is 5.56 Å². The molecule has 2 rings (SSSR count). The van der Waals surface area contributed by atoms with Crippen LogP contribution >= 0.6 is 22.9 Å². The fourth-order valence-corrected chi connectivity index (χ4v) is 2.04. The maximum Gasteiger partial charge on any atom is 0.240 e. The van der Waals surface area contributed by atoms with Crippen molar-refractivity contribution in [1.29, 1.82) is 0 Å². The molecule has 0 bridgehead atoms. The topological polar surface area (TPSA) is 54.0 Å². The molecular weight excluding hydrogens is 270 g/mol. The molecule has 2 N–H and O–H groups in total. The van der Waals surface area contributed by atoms with Gasteiger partial charge in [0.15, 0.2) is 5.13 Å². The maximum absolute atomic E-state index is 11.5. The number of nitrogens with one attached hydrogen (secondary N) is 2. The van der Waals surface area contributed by atoms with Crippen molar-refractivity contribution in [2.24, 2.45) is 0 Å². The Labute approximate surface area is 114 Å². The molecule has 0 radical (unpaired) electrons. The molecule has 0 aliphatic carbocycles. The molecule has 0 aliphatic heterocycles. The molecule has 0 unspecified atom stereocenters. The number of anilines is 1. The zero-order valence-corrected chi connectivity index (χ0v) is 11.1. The second-order valence-electron chi connectivity index (χ2n) is 3.62. The van der Waals surface area contributed by atoms with Crippen molar-refractivity contribution in [2.75, 3.05) is 11.9 Å². The molecule has 2 aromatic rings. The van der Waals surface area contributed by atoms with E-state index in [-0.39, 0.29) is 12.5 Å². The summed E-state index contributed by atoms with van der Waals surface area (Å²) in [6, 6.07) is 7.50. The molecule has 94 valence electrons. The predicted molar refractivity (Wildman–Crippen MR) is 73.9 cm³/mol. The standard InChI is InChI=1S/C12H12ClN3OS/c13-10-3-1-9(2-4-10)7-14-8-11(17)16-12-15-5-6-18-12/h1-6,14H,7-8H2,(H,15,16,17). The maximum atomic E-state index is 11.5. The van der Waals surface area contributed by atoms with Crippen molar-refractivity contribution in [3.8, 4) is 0 Å². The number of carbonyl (C=O) groups is 1. The molecule has 6 heteroatoms. The second kappa shape index (κ2) is 6.49. The highest BCUT2D eigenvalue weighted by molar-refractivity contribution is 7.13. The van der Waals surface area contributed by atoms with E-state index in [1.165, 1.54) is 11.3 Å². The van der Waals surface area contributed by atoms with Crippen LogP contribution in [0, 0.1) is 0 Å². The van der Waals surface area contributed by atoms with Gasteiger partial charge < -0.3 is 10.6 Å². The van der Waals surface area contributed by atoms with Crippen molar-refractivity contribution in [2.45, 2.75) is 6.54 Å². The number of hydrogen-bond acceptors (Lipinski definition) is 4. The molecule has 0 atom stereocenters. The summed E-state index contributed by atoms with van der Waals surface area (Å²) in [6.45, 7) is 0.880. The van der Waals surface area contributed by atoms with Gasteiger partial charge in [-0.15, -0.1) is 11.3 Å². The Bertz CT molecular complexity index is 499. The molecule has 4 nitrogen and oxygen atoms in total. The number of carbonyl (C=O) groups excluding carboxylic acids is 1. The molecule has 0 saturated heterocycles. The summed E-state index contributed by atoms with van der Waals surface area (Å²) < 4.78 is 0. The summed E-state index contributed by atoms with van der Waals surface area (Å²) in [5.74, 6) is -0.0982. The Morgan fingerprint density at radius 1 is 1.33 bits per heavy atom. The van der Waals surface area contributed by atoms with Crippen molar-refractivity contribution >= 4 is 34.0 Å². The van der Waals surface area contributed by atoms with Crippen LogP contribution in [0.4, 0.5) is 5.13 Å². The molecule has 0 fully saturated rings. The lowest BCUT2D eigenvalue weighted by atomic mass is 10.2. The zero-order valence-electron chi connectivity index (χ0n) is 9.52. The van der Waals surface area contributed by atoms with Crippen LogP contribution in [0.25, 0.3) is 0 Å². The molecule has 18 heavy (non-hydrogen) atoms. The van der Waals surface area contributed by atoms with Gasteiger partial charge in [-0.1, -0.05) is 23.7 Å². The van der Waals surface area contributed by atoms with Gasteiger partial charge in [0.1, 0.15) is 0 Å². The third-order valence-electron chi connectivity index (χ3n) is 2.21. The lowest BCUT2D eigenvalue weighted by Crippen LogP contribution is -2.27. The van der Waals surface area contributed by atoms with E-state index >= 15 is 0 Å².